The molecule has 1 aliphatic rings. The minimum atomic E-state index is 0.0705. The summed E-state index contributed by atoms with van der Waals surface area (Å²) in [6.07, 6.45) is 4.10. The molecular weight excluding hydrogens is 338 g/mol. The summed E-state index contributed by atoms with van der Waals surface area (Å²) in [5.74, 6) is 1.58. The van der Waals surface area contributed by atoms with Gasteiger partial charge in [0.25, 0.3) is 0 Å². The molecule has 0 spiro atoms. The van der Waals surface area contributed by atoms with Crippen molar-refractivity contribution in [2.24, 2.45) is 5.92 Å². The molecule has 136 valence electrons. The number of nitrogens with zero attached hydrogens (tertiary/aromatic N) is 5. The normalized spacial score (nSPS) is 20.3. The van der Waals surface area contributed by atoms with Crippen LogP contribution in [-0.2, 0) is 6.54 Å². The summed E-state index contributed by atoms with van der Waals surface area (Å²) in [4.78, 5) is 11.5. The van der Waals surface area contributed by atoms with Crippen molar-refractivity contribution in [1.29, 1.82) is 5.26 Å². The number of piperidine rings is 1. The van der Waals surface area contributed by atoms with E-state index in [1.165, 1.54) is 0 Å². The lowest BCUT2D eigenvalue weighted by molar-refractivity contribution is 0.0673. The number of nitriles is 1. The van der Waals surface area contributed by atoms with Gasteiger partial charge in [0.15, 0.2) is 0 Å². The number of rotatable bonds is 4. The second-order valence-corrected chi connectivity index (χ2v) is 7.00. The number of benzene rings is 1. The standard InChI is InChI=1S/C21H21N5O/c1-15-6-5-11-26(14-18-9-2-3-10-23-18)19(15)21-24-20(25-27-21)17-8-4-7-16(12-17)13-22/h2-4,7-10,12,15,19H,5-6,11,14H2,1H3. The lowest BCUT2D eigenvalue weighted by atomic mass is 9.90. The maximum atomic E-state index is 9.10. The summed E-state index contributed by atoms with van der Waals surface area (Å²) < 4.78 is 5.66. The van der Waals surface area contributed by atoms with E-state index in [1.807, 2.05) is 36.5 Å². The fraction of sp³-hybridized carbons (Fsp3) is 0.333. The molecule has 4 rings (SSSR count). The predicted octanol–water partition coefficient (Wildman–Crippen LogP) is 3.98. The number of pyridine rings is 1. The first-order chi connectivity index (χ1) is 13.2. The van der Waals surface area contributed by atoms with Gasteiger partial charge in [0.2, 0.25) is 11.7 Å². The third-order valence-electron chi connectivity index (χ3n) is 5.07. The van der Waals surface area contributed by atoms with Crippen molar-refractivity contribution in [1.82, 2.24) is 20.0 Å². The first-order valence-electron chi connectivity index (χ1n) is 9.22. The molecule has 0 amide bonds. The average molecular weight is 359 g/mol. The van der Waals surface area contributed by atoms with Crippen LogP contribution in [0.1, 0.15) is 43.0 Å². The maximum absolute atomic E-state index is 9.10. The van der Waals surface area contributed by atoms with Crippen LogP contribution in [0.15, 0.2) is 53.2 Å². The Morgan fingerprint density at radius 3 is 3.00 bits per heavy atom. The Kier molecular flexibility index (Phi) is 4.95. The van der Waals surface area contributed by atoms with Crippen LogP contribution in [0.3, 0.4) is 0 Å². The lowest BCUT2D eigenvalue weighted by Gasteiger charge is -2.37. The molecule has 1 saturated heterocycles. The Bertz CT molecular complexity index is 946. The highest BCUT2D eigenvalue weighted by atomic mass is 16.5. The van der Waals surface area contributed by atoms with Gasteiger partial charge in [-0.05, 0) is 49.6 Å². The van der Waals surface area contributed by atoms with Gasteiger partial charge in [-0.25, -0.2) is 0 Å². The van der Waals surface area contributed by atoms with Gasteiger partial charge in [0, 0.05) is 18.3 Å². The highest BCUT2D eigenvalue weighted by molar-refractivity contribution is 5.57. The van der Waals surface area contributed by atoms with E-state index in [9.17, 15) is 0 Å². The van der Waals surface area contributed by atoms with Crippen LogP contribution in [0.25, 0.3) is 11.4 Å². The molecule has 3 aromatic rings. The fourth-order valence-electron chi connectivity index (χ4n) is 3.75. The first kappa shape index (κ1) is 17.4. The summed E-state index contributed by atoms with van der Waals surface area (Å²) in [5, 5.41) is 13.3. The van der Waals surface area contributed by atoms with Gasteiger partial charge in [-0.3, -0.25) is 9.88 Å². The maximum Gasteiger partial charge on any atom is 0.244 e. The molecule has 0 radical (unpaired) electrons. The van der Waals surface area contributed by atoms with E-state index in [0.29, 0.717) is 23.2 Å². The van der Waals surface area contributed by atoms with Gasteiger partial charge < -0.3 is 4.52 Å². The minimum Gasteiger partial charge on any atom is -0.337 e. The van der Waals surface area contributed by atoms with Crippen molar-refractivity contribution < 1.29 is 4.52 Å². The van der Waals surface area contributed by atoms with Gasteiger partial charge in [-0.15, -0.1) is 0 Å². The van der Waals surface area contributed by atoms with Gasteiger partial charge in [0.05, 0.1) is 23.4 Å². The molecule has 3 heterocycles. The van der Waals surface area contributed by atoms with Crippen molar-refractivity contribution in [2.45, 2.75) is 32.4 Å². The smallest absolute Gasteiger partial charge is 0.244 e. The number of hydrogen-bond acceptors (Lipinski definition) is 6. The van der Waals surface area contributed by atoms with Crippen molar-refractivity contribution in [2.75, 3.05) is 6.54 Å². The third-order valence-corrected chi connectivity index (χ3v) is 5.07. The molecule has 2 unspecified atom stereocenters. The molecule has 0 N–H and O–H groups in total. The zero-order valence-corrected chi connectivity index (χ0v) is 15.2. The van der Waals surface area contributed by atoms with E-state index in [2.05, 4.69) is 33.0 Å². The van der Waals surface area contributed by atoms with Crippen LogP contribution in [0, 0.1) is 17.2 Å². The first-order valence-corrected chi connectivity index (χ1v) is 9.22. The van der Waals surface area contributed by atoms with Crippen LogP contribution in [0.4, 0.5) is 0 Å². The number of hydrogen-bond donors (Lipinski definition) is 0. The van der Waals surface area contributed by atoms with Gasteiger partial charge in [-0.1, -0.05) is 30.3 Å². The molecule has 1 aliphatic heterocycles. The van der Waals surface area contributed by atoms with E-state index in [1.54, 1.807) is 12.1 Å². The van der Waals surface area contributed by atoms with Crippen molar-refractivity contribution in [3.05, 3.63) is 65.8 Å². The quantitative estimate of drug-likeness (QED) is 0.701. The highest BCUT2D eigenvalue weighted by Gasteiger charge is 2.34. The van der Waals surface area contributed by atoms with Gasteiger partial charge in [0.1, 0.15) is 0 Å². The zero-order chi connectivity index (χ0) is 18.6. The Hall–Kier alpha value is -3.04. The topological polar surface area (TPSA) is 78.8 Å². The Labute approximate surface area is 158 Å². The van der Waals surface area contributed by atoms with E-state index >= 15 is 0 Å². The molecule has 0 saturated carbocycles. The summed E-state index contributed by atoms with van der Waals surface area (Å²) >= 11 is 0. The molecule has 1 aromatic carbocycles. The van der Waals surface area contributed by atoms with Gasteiger partial charge >= 0.3 is 0 Å². The lowest BCUT2D eigenvalue weighted by Crippen LogP contribution is -2.37. The molecule has 6 heteroatoms. The Morgan fingerprint density at radius 2 is 2.19 bits per heavy atom. The number of aromatic nitrogens is 3. The van der Waals surface area contributed by atoms with Crippen LogP contribution < -0.4 is 0 Å². The van der Waals surface area contributed by atoms with E-state index < -0.39 is 0 Å². The summed E-state index contributed by atoms with van der Waals surface area (Å²) in [5.41, 5.74) is 2.42. The molecular formula is C21H21N5O. The fourth-order valence-corrected chi connectivity index (χ4v) is 3.75. The average Bonchev–Trinajstić information content (AvgIpc) is 3.19. The van der Waals surface area contributed by atoms with Crippen molar-refractivity contribution in [3.8, 4) is 17.5 Å². The van der Waals surface area contributed by atoms with Crippen molar-refractivity contribution in [3.63, 3.8) is 0 Å². The second kappa shape index (κ2) is 7.68. The Balaban J connectivity index is 1.61. The molecule has 1 fully saturated rings. The van der Waals surface area contributed by atoms with Gasteiger partial charge in [-0.2, -0.15) is 10.2 Å². The third kappa shape index (κ3) is 3.74. The summed E-state index contributed by atoms with van der Waals surface area (Å²) in [6, 6.07) is 15.5. The molecule has 6 nitrogen and oxygen atoms in total. The van der Waals surface area contributed by atoms with E-state index in [0.717, 1.165) is 37.2 Å². The monoisotopic (exact) mass is 359 g/mol. The van der Waals surface area contributed by atoms with Crippen LogP contribution >= 0.6 is 0 Å². The molecule has 0 aliphatic carbocycles. The largest absolute Gasteiger partial charge is 0.337 e. The molecule has 27 heavy (non-hydrogen) atoms. The second-order valence-electron chi connectivity index (χ2n) is 7.00. The van der Waals surface area contributed by atoms with Crippen molar-refractivity contribution >= 4 is 0 Å². The molecule has 0 bridgehead atoms. The van der Waals surface area contributed by atoms with E-state index in [-0.39, 0.29) is 6.04 Å². The summed E-state index contributed by atoms with van der Waals surface area (Å²) in [6.45, 7) is 3.97. The van der Waals surface area contributed by atoms with Crippen LogP contribution in [0.5, 0.6) is 0 Å². The zero-order valence-electron chi connectivity index (χ0n) is 15.2. The summed E-state index contributed by atoms with van der Waals surface area (Å²) in [7, 11) is 0. The van der Waals surface area contributed by atoms with E-state index in [4.69, 9.17) is 9.78 Å². The SMILES string of the molecule is CC1CCCN(Cc2ccccn2)C1c1nc(-c2cccc(C#N)c2)no1. The Morgan fingerprint density at radius 1 is 1.26 bits per heavy atom. The highest BCUT2D eigenvalue weighted by Crippen LogP contribution is 2.36. The van der Waals surface area contributed by atoms with Crippen LogP contribution in [-0.4, -0.2) is 26.6 Å². The molecule has 2 atom stereocenters. The minimum absolute atomic E-state index is 0.0705. The molecule has 2 aromatic heterocycles. The number of likely N-dealkylation sites (tertiary alicyclic amines) is 1. The van der Waals surface area contributed by atoms with Crippen LogP contribution in [0.2, 0.25) is 0 Å². The predicted molar refractivity (Wildman–Crippen MR) is 100 cm³/mol.